The highest BCUT2D eigenvalue weighted by Gasteiger charge is 2.28. The van der Waals surface area contributed by atoms with Crippen LogP contribution in [0, 0.1) is 6.92 Å². The second kappa shape index (κ2) is 10.3. The molecule has 5 nitrogen and oxygen atoms in total. The van der Waals surface area contributed by atoms with E-state index in [1.54, 1.807) is 6.07 Å². The Labute approximate surface area is 176 Å². The van der Waals surface area contributed by atoms with Crippen LogP contribution in [-0.2, 0) is 16.0 Å². The lowest BCUT2D eigenvalue weighted by Gasteiger charge is -2.19. The number of nitrogens with one attached hydrogen (secondary N) is 2. The summed E-state index contributed by atoms with van der Waals surface area (Å²) in [7, 11) is 0. The number of rotatable bonds is 10. The molecule has 1 unspecified atom stereocenters. The first-order valence-electron chi connectivity index (χ1n) is 10.0. The molecule has 3 rings (SSSR count). The van der Waals surface area contributed by atoms with Crippen molar-refractivity contribution in [2.45, 2.75) is 51.1 Å². The average molecular weight is 415 g/mol. The fourth-order valence-corrected chi connectivity index (χ4v) is 3.27. The third-order valence-electron chi connectivity index (χ3n) is 4.80. The molecule has 0 radical (unpaired) electrons. The number of ether oxygens (including phenoxy) is 1. The molecule has 0 saturated heterocycles. The lowest BCUT2D eigenvalue weighted by atomic mass is 10.0. The van der Waals surface area contributed by atoms with E-state index in [-0.39, 0.29) is 17.9 Å². The number of halogens is 1. The van der Waals surface area contributed by atoms with Gasteiger partial charge < -0.3 is 15.4 Å². The van der Waals surface area contributed by atoms with Gasteiger partial charge in [-0.15, -0.1) is 0 Å². The first kappa shape index (κ1) is 21.2. The van der Waals surface area contributed by atoms with Crippen LogP contribution >= 0.6 is 11.6 Å². The zero-order valence-corrected chi connectivity index (χ0v) is 17.4. The normalized spacial score (nSPS) is 14.1. The third kappa shape index (κ3) is 7.09. The SMILES string of the molecule is Cc1cc(Cl)ccc1OCCCC(=O)NC(Cc1ccccc1)C(=O)NC1CC1. The Kier molecular flexibility index (Phi) is 7.53. The van der Waals surface area contributed by atoms with Gasteiger partial charge in [-0.3, -0.25) is 9.59 Å². The van der Waals surface area contributed by atoms with Crippen LogP contribution in [0.4, 0.5) is 0 Å². The van der Waals surface area contributed by atoms with Crippen LogP contribution in [0.15, 0.2) is 48.5 Å². The highest BCUT2D eigenvalue weighted by molar-refractivity contribution is 6.30. The van der Waals surface area contributed by atoms with Crippen molar-refractivity contribution in [3.8, 4) is 5.75 Å². The molecule has 1 aliphatic carbocycles. The number of benzene rings is 2. The molecule has 0 aliphatic heterocycles. The van der Waals surface area contributed by atoms with Gasteiger partial charge in [0.25, 0.3) is 0 Å². The van der Waals surface area contributed by atoms with Crippen molar-refractivity contribution in [1.29, 1.82) is 0 Å². The standard InChI is InChI=1S/C23H27ClN2O3/c1-16-14-18(24)9-12-21(16)29-13-5-8-22(27)26-20(23(28)25-19-10-11-19)15-17-6-3-2-4-7-17/h2-4,6-7,9,12,14,19-20H,5,8,10-11,13,15H2,1H3,(H,25,28)(H,26,27). The Balaban J connectivity index is 1.47. The number of aryl methyl sites for hydroxylation is 1. The molecule has 29 heavy (non-hydrogen) atoms. The topological polar surface area (TPSA) is 67.4 Å². The van der Waals surface area contributed by atoms with Crippen LogP contribution in [0.3, 0.4) is 0 Å². The summed E-state index contributed by atoms with van der Waals surface area (Å²) in [5.74, 6) is 0.506. The Morgan fingerprint density at radius 3 is 2.62 bits per heavy atom. The summed E-state index contributed by atoms with van der Waals surface area (Å²) in [6.07, 6.45) is 3.37. The molecule has 1 fully saturated rings. The molecule has 0 aromatic heterocycles. The zero-order valence-electron chi connectivity index (χ0n) is 16.6. The van der Waals surface area contributed by atoms with Crippen molar-refractivity contribution in [1.82, 2.24) is 10.6 Å². The van der Waals surface area contributed by atoms with E-state index in [0.29, 0.717) is 30.9 Å². The van der Waals surface area contributed by atoms with Crippen LogP contribution < -0.4 is 15.4 Å². The van der Waals surface area contributed by atoms with Crippen LogP contribution in [0.5, 0.6) is 5.75 Å². The van der Waals surface area contributed by atoms with E-state index in [1.807, 2.05) is 49.4 Å². The Bertz CT molecular complexity index is 837. The van der Waals surface area contributed by atoms with Crippen molar-refractivity contribution in [2.24, 2.45) is 0 Å². The first-order chi connectivity index (χ1) is 14.0. The predicted octanol–water partition coefficient (Wildman–Crippen LogP) is 3.81. The minimum absolute atomic E-state index is 0.113. The van der Waals surface area contributed by atoms with Crippen molar-refractivity contribution >= 4 is 23.4 Å². The molecule has 2 aromatic carbocycles. The molecular weight excluding hydrogens is 388 g/mol. The molecule has 1 saturated carbocycles. The van der Waals surface area contributed by atoms with Crippen molar-refractivity contribution in [3.63, 3.8) is 0 Å². The smallest absolute Gasteiger partial charge is 0.243 e. The van der Waals surface area contributed by atoms with Gasteiger partial charge in [-0.25, -0.2) is 0 Å². The number of hydrogen-bond donors (Lipinski definition) is 2. The molecule has 0 bridgehead atoms. The van der Waals surface area contributed by atoms with E-state index in [9.17, 15) is 9.59 Å². The fraction of sp³-hybridized carbons (Fsp3) is 0.391. The summed E-state index contributed by atoms with van der Waals surface area (Å²) < 4.78 is 5.73. The number of carbonyl (C=O) groups excluding carboxylic acids is 2. The van der Waals surface area contributed by atoms with Gasteiger partial charge in [0, 0.05) is 23.9 Å². The van der Waals surface area contributed by atoms with E-state index < -0.39 is 6.04 Å². The summed E-state index contributed by atoms with van der Waals surface area (Å²) in [4.78, 5) is 25.0. The molecule has 6 heteroatoms. The monoisotopic (exact) mass is 414 g/mol. The van der Waals surface area contributed by atoms with Gasteiger partial charge in [0.15, 0.2) is 0 Å². The summed E-state index contributed by atoms with van der Waals surface area (Å²) in [5.41, 5.74) is 1.98. The highest BCUT2D eigenvalue weighted by atomic mass is 35.5. The average Bonchev–Trinajstić information content (AvgIpc) is 3.51. The van der Waals surface area contributed by atoms with E-state index in [0.717, 1.165) is 29.7 Å². The third-order valence-corrected chi connectivity index (χ3v) is 5.04. The van der Waals surface area contributed by atoms with Crippen LogP contribution in [-0.4, -0.2) is 30.5 Å². The molecule has 2 aromatic rings. The zero-order chi connectivity index (χ0) is 20.6. The molecule has 2 N–H and O–H groups in total. The van der Waals surface area contributed by atoms with Crippen LogP contribution in [0.1, 0.15) is 36.8 Å². The highest BCUT2D eigenvalue weighted by Crippen LogP contribution is 2.22. The summed E-state index contributed by atoms with van der Waals surface area (Å²) in [6.45, 7) is 2.36. The summed E-state index contributed by atoms with van der Waals surface area (Å²) in [6, 6.07) is 14.9. The maximum Gasteiger partial charge on any atom is 0.243 e. The molecular formula is C23H27ClN2O3. The van der Waals surface area contributed by atoms with E-state index >= 15 is 0 Å². The van der Waals surface area contributed by atoms with Crippen molar-refractivity contribution < 1.29 is 14.3 Å². The number of amides is 2. The molecule has 2 amide bonds. The fourth-order valence-electron chi connectivity index (χ4n) is 3.04. The van der Waals surface area contributed by atoms with Gasteiger partial charge in [0.05, 0.1) is 6.61 Å². The molecule has 154 valence electrons. The minimum atomic E-state index is -0.565. The van der Waals surface area contributed by atoms with Gasteiger partial charge >= 0.3 is 0 Å². The van der Waals surface area contributed by atoms with Crippen LogP contribution in [0.25, 0.3) is 0 Å². The predicted molar refractivity (Wildman–Crippen MR) is 114 cm³/mol. The number of carbonyl (C=O) groups is 2. The van der Waals surface area contributed by atoms with E-state index in [1.165, 1.54) is 0 Å². The lowest BCUT2D eigenvalue weighted by molar-refractivity contribution is -0.129. The largest absolute Gasteiger partial charge is 0.493 e. The Morgan fingerprint density at radius 1 is 1.17 bits per heavy atom. The van der Waals surface area contributed by atoms with Gasteiger partial charge in [0.2, 0.25) is 11.8 Å². The molecule has 1 atom stereocenters. The maximum absolute atomic E-state index is 12.6. The summed E-state index contributed by atoms with van der Waals surface area (Å²) in [5, 5.41) is 6.55. The molecule has 0 heterocycles. The second-order valence-electron chi connectivity index (χ2n) is 7.45. The Hall–Kier alpha value is -2.53. The quantitative estimate of drug-likeness (QED) is 0.581. The molecule has 0 spiro atoms. The first-order valence-corrected chi connectivity index (χ1v) is 10.4. The van der Waals surface area contributed by atoms with Gasteiger partial charge in [-0.05, 0) is 55.5 Å². The van der Waals surface area contributed by atoms with E-state index in [4.69, 9.17) is 16.3 Å². The van der Waals surface area contributed by atoms with Crippen LogP contribution in [0.2, 0.25) is 5.02 Å². The van der Waals surface area contributed by atoms with E-state index in [2.05, 4.69) is 10.6 Å². The van der Waals surface area contributed by atoms with Gasteiger partial charge in [0.1, 0.15) is 11.8 Å². The van der Waals surface area contributed by atoms with Crippen molar-refractivity contribution in [2.75, 3.05) is 6.61 Å². The Morgan fingerprint density at radius 2 is 1.93 bits per heavy atom. The minimum Gasteiger partial charge on any atom is -0.493 e. The van der Waals surface area contributed by atoms with Crippen molar-refractivity contribution in [3.05, 3.63) is 64.7 Å². The molecule has 1 aliphatic rings. The second-order valence-corrected chi connectivity index (χ2v) is 7.89. The maximum atomic E-state index is 12.6. The van der Waals surface area contributed by atoms with Gasteiger partial charge in [-0.2, -0.15) is 0 Å². The number of hydrogen-bond acceptors (Lipinski definition) is 3. The van der Waals surface area contributed by atoms with Gasteiger partial charge in [-0.1, -0.05) is 41.9 Å². The lowest BCUT2D eigenvalue weighted by Crippen LogP contribution is -2.48. The summed E-state index contributed by atoms with van der Waals surface area (Å²) >= 11 is 5.95.